The standard InChI is InChI=1S/C13H16ClFO2/c1-8(2)13(3,12(16)17)7-9-10(14)5-4-6-11(9)15/h4-6,8H,7H2,1-3H3,(H,16,17). The van der Waals surface area contributed by atoms with Crippen molar-refractivity contribution in [3.63, 3.8) is 0 Å². The molecule has 0 aliphatic carbocycles. The van der Waals surface area contributed by atoms with Gasteiger partial charge in [0.15, 0.2) is 0 Å². The number of carboxylic acids is 1. The molecule has 1 N–H and O–H groups in total. The molecule has 0 bridgehead atoms. The summed E-state index contributed by atoms with van der Waals surface area (Å²) in [7, 11) is 0. The Kier molecular flexibility index (Phi) is 4.15. The zero-order valence-electron chi connectivity index (χ0n) is 10.1. The Bertz CT molecular complexity index is 411. The van der Waals surface area contributed by atoms with Crippen LogP contribution in [0.15, 0.2) is 18.2 Å². The highest BCUT2D eigenvalue weighted by Crippen LogP contribution is 2.34. The first-order chi connectivity index (χ1) is 7.79. The number of rotatable bonds is 4. The minimum absolute atomic E-state index is 0.0888. The first-order valence-electron chi connectivity index (χ1n) is 5.45. The smallest absolute Gasteiger partial charge is 0.309 e. The van der Waals surface area contributed by atoms with Crippen molar-refractivity contribution in [3.05, 3.63) is 34.6 Å². The number of benzene rings is 1. The van der Waals surface area contributed by atoms with Crippen LogP contribution in [-0.2, 0) is 11.2 Å². The average molecular weight is 259 g/mol. The van der Waals surface area contributed by atoms with Gasteiger partial charge in [0, 0.05) is 10.6 Å². The third kappa shape index (κ3) is 2.78. The predicted octanol–water partition coefficient (Wildman–Crippen LogP) is 3.77. The first-order valence-corrected chi connectivity index (χ1v) is 5.83. The van der Waals surface area contributed by atoms with Gasteiger partial charge in [0.1, 0.15) is 5.82 Å². The zero-order chi connectivity index (χ0) is 13.2. The first kappa shape index (κ1) is 14.0. The molecule has 0 fully saturated rings. The summed E-state index contributed by atoms with van der Waals surface area (Å²) < 4.78 is 13.6. The highest BCUT2D eigenvalue weighted by Gasteiger charge is 2.37. The molecule has 1 atom stereocenters. The highest BCUT2D eigenvalue weighted by atomic mass is 35.5. The molecule has 94 valence electrons. The van der Waals surface area contributed by atoms with E-state index in [1.807, 2.05) is 13.8 Å². The largest absolute Gasteiger partial charge is 0.481 e. The van der Waals surface area contributed by atoms with Crippen LogP contribution < -0.4 is 0 Å². The van der Waals surface area contributed by atoms with Gasteiger partial charge in [-0.15, -0.1) is 0 Å². The van der Waals surface area contributed by atoms with Gasteiger partial charge in [-0.1, -0.05) is 31.5 Å². The topological polar surface area (TPSA) is 37.3 Å². The third-order valence-corrected chi connectivity index (χ3v) is 3.72. The summed E-state index contributed by atoms with van der Waals surface area (Å²) in [5, 5.41) is 9.56. The monoisotopic (exact) mass is 258 g/mol. The van der Waals surface area contributed by atoms with Crippen molar-refractivity contribution in [1.29, 1.82) is 0 Å². The fraction of sp³-hybridized carbons (Fsp3) is 0.462. The molecular weight excluding hydrogens is 243 g/mol. The summed E-state index contributed by atoms with van der Waals surface area (Å²) in [6, 6.07) is 4.38. The van der Waals surface area contributed by atoms with Crippen LogP contribution in [0.4, 0.5) is 4.39 Å². The Labute approximate surface area is 105 Å². The Hall–Kier alpha value is -1.09. The number of hydrogen-bond acceptors (Lipinski definition) is 1. The Morgan fingerprint density at radius 2 is 2.12 bits per heavy atom. The van der Waals surface area contributed by atoms with Crippen molar-refractivity contribution in [2.45, 2.75) is 27.2 Å². The molecule has 0 aliphatic heterocycles. The van der Waals surface area contributed by atoms with E-state index in [4.69, 9.17) is 11.6 Å². The second-order valence-electron chi connectivity index (χ2n) is 4.75. The van der Waals surface area contributed by atoms with E-state index in [1.165, 1.54) is 12.1 Å². The van der Waals surface area contributed by atoms with Crippen LogP contribution in [0.2, 0.25) is 5.02 Å². The minimum atomic E-state index is -1.02. The van der Waals surface area contributed by atoms with Crippen LogP contribution in [0.3, 0.4) is 0 Å². The van der Waals surface area contributed by atoms with Crippen LogP contribution >= 0.6 is 11.6 Å². The summed E-state index contributed by atoms with van der Waals surface area (Å²) >= 11 is 5.91. The van der Waals surface area contributed by atoms with Gasteiger partial charge in [0.2, 0.25) is 0 Å². The number of aliphatic carboxylic acids is 1. The maximum Gasteiger partial charge on any atom is 0.309 e. The maximum atomic E-state index is 13.6. The zero-order valence-corrected chi connectivity index (χ0v) is 10.9. The molecule has 17 heavy (non-hydrogen) atoms. The average Bonchev–Trinajstić information content (AvgIpc) is 2.22. The molecule has 1 aromatic rings. The molecule has 0 spiro atoms. The van der Waals surface area contributed by atoms with E-state index in [0.717, 1.165) is 0 Å². The normalized spacial score (nSPS) is 14.7. The van der Waals surface area contributed by atoms with Crippen molar-refractivity contribution in [2.24, 2.45) is 11.3 Å². The fourth-order valence-electron chi connectivity index (χ4n) is 1.60. The van der Waals surface area contributed by atoms with Crippen LogP contribution in [0.25, 0.3) is 0 Å². The molecule has 1 rings (SSSR count). The van der Waals surface area contributed by atoms with Gasteiger partial charge in [-0.25, -0.2) is 4.39 Å². The lowest BCUT2D eigenvalue weighted by molar-refractivity contribution is -0.150. The van der Waals surface area contributed by atoms with Crippen molar-refractivity contribution in [3.8, 4) is 0 Å². The van der Waals surface area contributed by atoms with E-state index < -0.39 is 17.2 Å². The van der Waals surface area contributed by atoms with E-state index in [-0.39, 0.29) is 22.9 Å². The molecule has 0 aliphatic rings. The van der Waals surface area contributed by atoms with Gasteiger partial charge >= 0.3 is 5.97 Å². The molecule has 1 aromatic carbocycles. The number of hydrogen-bond donors (Lipinski definition) is 1. The fourth-order valence-corrected chi connectivity index (χ4v) is 1.82. The van der Waals surface area contributed by atoms with Crippen molar-refractivity contribution >= 4 is 17.6 Å². The van der Waals surface area contributed by atoms with Crippen LogP contribution in [0, 0.1) is 17.2 Å². The van der Waals surface area contributed by atoms with Gasteiger partial charge in [0.25, 0.3) is 0 Å². The summed E-state index contributed by atoms with van der Waals surface area (Å²) in [5.74, 6) is -1.51. The predicted molar refractivity (Wildman–Crippen MR) is 65.7 cm³/mol. The van der Waals surface area contributed by atoms with E-state index in [2.05, 4.69) is 0 Å². The second kappa shape index (κ2) is 5.05. The highest BCUT2D eigenvalue weighted by molar-refractivity contribution is 6.31. The van der Waals surface area contributed by atoms with E-state index in [1.54, 1.807) is 13.0 Å². The van der Waals surface area contributed by atoms with E-state index >= 15 is 0 Å². The number of halogens is 2. The van der Waals surface area contributed by atoms with Gasteiger partial charge in [-0.3, -0.25) is 4.79 Å². The molecule has 0 saturated carbocycles. The van der Waals surface area contributed by atoms with Gasteiger partial charge in [0.05, 0.1) is 5.41 Å². The maximum absolute atomic E-state index is 13.6. The van der Waals surface area contributed by atoms with Crippen molar-refractivity contribution in [1.82, 2.24) is 0 Å². The molecule has 4 heteroatoms. The molecular formula is C13H16ClFO2. The van der Waals surface area contributed by atoms with Crippen LogP contribution in [-0.4, -0.2) is 11.1 Å². The molecule has 1 unspecified atom stereocenters. The van der Waals surface area contributed by atoms with Crippen molar-refractivity contribution in [2.75, 3.05) is 0 Å². The molecule has 0 heterocycles. The summed E-state index contributed by atoms with van der Waals surface area (Å²) in [4.78, 5) is 11.3. The van der Waals surface area contributed by atoms with Gasteiger partial charge < -0.3 is 5.11 Å². The van der Waals surface area contributed by atoms with Gasteiger partial charge in [-0.2, -0.15) is 0 Å². The third-order valence-electron chi connectivity index (χ3n) is 3.37. The number of carboxylic acid groups (broad SMARTS) is 1. The molecule has 2 nitrogen and oxygen atoms in total. The summed E-state index contributed by atoms with van der Waals surface area (Å²) in [6.45, 7) is 5.23. The van der Waals surface area contributed by atoms with Crippen LogP contribution in [0.5, 0.6) is 0 Å². The van der Waals surface area contributed by atoms with Crippen molar-refractivity contribution < 1.29 is 14.3 Å². The second-order valence-corrected chi connectivity index (χ2v) is 5.16. The molecule has 0 saturated heterocycles. The minimum Gasteiger partial charge on any atom is -0.481 e. The van der Waals surface area contributed by atoms with Gasteiger partial charge in [-0.05, 0) is 31.4 Å². The summed E-state index contributed by atoms with van der Waals surface area (Å²) in [6.07, 6.45) is 0.0888. The van der Waals surface area contributed by atoms with Crippen LogP contribution in [0.1, 0.15) is 26.3 Å². The molecule has 0 radical (unpaired) electrons. The Morgan fingerprint density at radius 3 is 2.53 bits per heavy atom. The van der Waals surface area contributed by atoms with E-state index in [0.29, 0.717) is 0 Å². The lowest BCUT2D eigenvalue weighted by Crippen LogP contribution is -2.35. The Morgan fingerprint density at radius 1 is 1.53 bits per heavy atom. The lowest BCUT2D eigenvalue weighted by atomic mass is 9.74. The molecule has 0 amide bonds. The van der Waals surface area contributed by atoms with E-state index in [9.17, 15) is 14.3 Å². The number of carbonyl (C=O) groups is 1. The molecule has 0 aromatic heterocycles. The Balaban J connectivity index is 3.15. The lowest BCUT2D eigenvalue weighted by Gasteiger charge is -2.29. The summed E-state index contributed by atoms with van der Waals surface area (Å²) in [5.41, 5.74) is -0.751. The SMILES string of the molecule is CC(C)C(C)(Cc1c(F)cccc1Cl)C(=O)O. The quantitative estimate of drug-likeness (QED) is 0.893.